The Kier molecular flexibility index (Phi) is 5.60. The van der Waals surface area contributed by atoms with E-state index in [2.05, 4.69) is 10.2 Å². The van der Waals surface area contributed by atoms with Gasteiger partial charge in [-0.25, -0.2) is 0 Å². The zero-order valence-corrected chi connectivity index (χ0v) is 12.1. The van der Waals surface area contributed by atoms with Gasteiger partial charge in [0.1, 0.15) is 6.04 Å². The van der Waals surface area contributed by atoms with Crippen LogP contribution in [0.5, 0.6) is 0 Å². The van der Waals surface area contributed by atoms with Crippen LogP contribution in [0, 0.1) is 0 Å². The van der Waals surface area contributed by atoms with Gasteiger partial charge in [0.05, 0.1) is 19.8 Å². The maximum Gasteiger partial charge on any atom is 0.324 e. The molecule has 2 rings (SSSR count). The van der Waals surface area contributed by atoms with Gasteiger partial charge in [-0.05, 0) is 19.4 Å². The van der Waals surface area contributed by atoms with Crippen LogP contribution in [-0.2, 0) is 14.3 Å². The molecular weight excluding hydrogens is 244 g/mol. The van der Waals surface area contributed by atoms with Crippen molar-refractivity contribution in [2.24, 2.45) is 0 Å². The minimum atomic E-state index is -0.226. The van der Waals surface area contributed by atoms with Gasteiger partial charge in [0.15, 0.2) is 0 Å². The summed E-state index contributed by atoms with van der Waals surface area (Å²) in [6.45, 7) is 5.21. The Hall–Kier alpha value is -0.650. The molecule has 0 bridgehead atoms. The highest BCUT2D eigenvalue weighted by molar-refractivity contribution is 5.75. The van der Waals surface area contributed by atoms with Crippen molar-refractivity contribution in [1.29, 1.82) is 0 Å². The summed E-state index contributed by atoms with van der Waals surface area (Å²) in [5.74, 6) is -0.166. The van der Waals surface area contributed by atoms with Gasteiger partial charge in [-0.3, -0.25) is 9.69 Å². The maximum atomic E-state index is 11.8. The monoisotopic (exact) mass is 270 g/mol. The molecule has 0 aromatic rings. The van der Waals surface area contributed by atoms with E-state index in [-0.39, 0.29) is 12.0 Å². The quantitative estimate of drug-likeness (QED) is 0.748. The molecule has 110 valence electrons. The first kappa shape index (κ1) is 14.8. The van der Waals surface area contributed by atoms with E-state index in [0.29, 0.717) is 12.1 Å². The second-order valence-corrected chi connectivity index (χ2v) is 5.39. The lowest BCUT2D eigenvalue weighted by atomic mass is 9.90. The second kappa shape index (κ2) is 7.22. The fraction of sp³-hybridized carbons (Fsp3) is 0.929. The summed E-state index contributed by atoms with van der Waals surface area (Å²) >= 11 is 0. The van der Waals surface area contributed by atoms with Gasteiger partial charge in [0, 0.05) is 19.1 Å². The number of methoxy groups -OCH3 is 1. The van der Waals surface area contributed by atoms with E-state index in [1.165, 1.54) is 26.4 Å². The smallest absolute Gasteiger partial charge is 0.324 e. The molecule has 2 aliphatic rings. The first-order valence-electron chi connectivity index (χ1n) is 7.43. The van der Waals surface area contributed by atoms with Crippen molar-refractivity contribution in [3.8, 4) is 0 Å². The van der Waals surface area contributed by atoms with Gasteiger partial charge in [-0.15, -0.1) is 0 Å². The van der Waals surface area contributed by atoms with Crippen molar-refractivity contribution in [1.82, 2.24) is 10.2 Å². The predicted molar refractivity (Wildman–Crippen MR) is 73.0 cm³/mol. The lowest BCUT2D eigenvalue weighted by Crippen LogP contribution is -2.57. The van der Waals surface area contributed by atoms with Crippen molar-refractivity contribution < 1.29 is 14.3 Å². The number of ether oxygens (including phenoxy) is 2. The van der Waals surface area contributed by atoms with Gasteiger partial charge < -0.3 is 14.8 Å². The lowest BCUT2D eigenvalue weighted by Gasteiger charge is -2.44. The number of hydrogen-bond acceptors (Lipinski definition) is 5. The van der Waals surface area contributed by atoms with Crippen LogP contribution in [0.4, 0.5) is 0 Å². The molecule has 0 aromatic carbocycles. The molecule has 5 heteroatoms. The molecule has 0 radical (unpaired) electrons. The number of carbonyl (C=O) groups is 1. The number of esters is 1. The normalized spacial score (nSPS) is 29.6. The van der Waals surface area contributed by atoms with Crippen LogP contribution in [-0.4, -0.2) is 62.4 Å². The van der Waals surface area contributed by atoms with Crippen LogP contribution in [0.3, 0.4) is 0 Å². The minimum Gasteiger partial charge on any atom is -0.468 e. The third-order valence-corrected chi connectivity index (χ3v) is 4.20. The Morgan fingerprint density at radius 3 is 3.00 bits per heavy atom. The molecule has 3 unspecified atom stereocenters. The highest BCUT2D eigenvalue weighted by Gasteiger charge is 2.36. The van der Waals surface area contributed by atoms with Crippen LogP contribution in [0.1, 0.15) is 32.6 Å². The van der Waals surface area contributed by atoms with Crippen molar-refractivity contribution in [3.05, 3.63) is 0 Å². The predicted octanol–water partition coefficient (Wildman–Crippen LogP) is 0.781. The van der Waals surface area contributed by atoms with E-state index in [9.17, 15) is 4.79 Å². The van der Waals surface area contributed by atoms with E-state index in [1.807, 2.05) is 6.92 Å². The Morgan fingerprint density at radius 2 is 2.26 bits per heavy atom. The second-order valence-electron chi connectivity index (χ2n) is 5.39. The summed E-state index contributed by atoms with van der Waals surface area (Å²) in [5, 5.41) is 3.22. The minimum absolute atomic E-state index is 0.166. The molecule has 2 fully saturated rings. The zero-order valence-electron chi connectivity index (χ0n) is 12.1. The van der Waals surface area contributed by atoms with Crippen LogP contribution in [0.15, 0.2) is 0 Å². The molecule has 5 nitrogen and oxygen atoms in total. The Balaban J connectivity index is 1.96. The maximum absolute atomic E-state index is 11.8. The molecule has 0 spiro atoms. The molecule has 1 aliphatic heterocycles. The Bertz CT molecular complexity index is 296. The highest BCUT2D eigenvalue weighted by Crippen LogP contribution is 2.28. The molecule has 0 amide bonds. The van der Waals surface area contributed by atoms with Crippen LogP contribution in [0.25, 0.3) is 0 Å². The number of morpholine rings is 1. The number of rotatable bonds is 5. The lowest BCUT2D eigenvalue weighted by molar-refractivity contribution is -0.145. The van der Waals surface area contributed by atoms with E-state index < -0.39 is 0 Å². The largest absolute Gasteiger partial charge is 0.468 e. The first-order valence-corrected chi connectivity index (χ1v) is 7.43. The van der Waals surface area contributed by atoms with Crippen molar-refractivity contribution >= 4 is 5.97 Å². The average molecular weight is 270 g/mol. The summed E-state index contributed by atoms with van der Waals surface area (Å²) in [6, 6.07) is 0.254. The molecule has 1 saturated carbocycles. The Morgan fingerprint density at radius 1 is 1.47 bits per heavy atom. The summed E-state index contributed by atoms with van der Waals surface area (Å²) < 4.78 is 10.7. The average Bonchev–Trinajstić information content (AvgIpc) is 2.46. The third-order valence-electron chi connectivity index (χ3n) is 4.20. The number of carbonyl (C=O) groups excluding carboxylic acids is 1. The van der Waals surface area contributed by atoms with Gasteiger partial charge in [0.25, 0.3) is 0 Å². The third kappa shape index (κ3) is 3.68. The molecule has 1 heterocycles. The van der Waals surface area contributed by atoms with Gasteiger partial charge in [-0.1, -0.05) is 19.8 Å². The SMILES string of the molecule is CCNC(CN1CCOC2CCCCC21)C(=O)OC. The van der Waals surface area contributed by atoms with Crippen LogP contribution >= 0.6 is 0 Å². The van der Waals surface area contributed by atoms with Gasteiger partial charge in [-0.2, -0.15) is 0 Å². The van der Waals surface area contributed by atoms with Crippen molar-refractivity contribution in [3.63, 3.8) is 0 Å². The number of fused-ring (bicyclic) bond motifs is 1. The molecule has 1 saturated heterocycles. The van der Waals surface area contributed by atoms with Gasteiger partial charge in [0.2, 0.25) is 0 Å². The summed E-state index contributed by atoms with van der Waals surface area (Å²) in [7, 11) is 1.45. The van der Waals surface area contributed by atoms with E-state index in [4.69, 9.17) is 9.47 Å². The number of hydrogen-bond donors (Lipinski definition) is 1. The van der Waals surface area contributed by atoms with E-state index in [0.717, 1.165) is 32.7 Å². The summed E-state index contributed by atoms with van der Waals surface area (Å²) in [6.07, 6.45) is 5.24. The van der Waals surface area contributed by atoms with E-state index in [1.54, 1.807) is 0 Å². The Labute approximate surface area is 115 Å². The number of nitrogens with one attached hydrogen (secondary N) is 1. The number of likely N-dealkylation sites (N-methyl/N-ethyl adjacent to an activating group) is 1. The standard InChI is InChI=1S/C14H26N2O3/c1-3-15-11(14(17)18-2)10-16-8-9-19-13-7-5-4-6-12(13)16/h11-13,15H,3-10H2,1-2H3. The number of nitrogens with zero attached hydrogens (tertiary/aromatic N) is 1. The van der Waals surface area contributed by atoms with Crippen molar-refractivity contribution in [2.45, 2.75) is 50.8 Å². The molecule has 3 atom stereocenters. The summed E-state index contributed by atoms with van der Waals surface area (Å²) in [5.41, 5.74) is 0. The first-order chi connectivity index (χ1) is 9.26. The van der Waals surface area contributed by atoms with Crippen LogP contribution in [0.2, 0.25) is 0 Å². The zero-order chi connectivity index (χ0) is 13.7. The van der Waals surface area contributed by atoms with Crippen molar-refractivity contribution in [2.75, 3.05) is 33.4 Å². The fourth-order valence-electron chi connectivity index (χ4n) is 3.25. The summed E-state index contributed by atoms with van der Waals surface area (Å²) in [4.78, 5) is 14.2. The molecule has 0 aromatic heterocycles. The molecule has 19 heavy (non-hydrogen) atoms. The highest BCUT2D eigenvalue weighted by atomic mass is 16.5. The van der Waals surface area contributed by atoms with Crippen LogP contribution < -0.4 is 5.32 Å². The fourth-order valence-corrected chi connectivity index (χ4v) is 3.25. The van der Waals surface area contributed by atoms with E-state index >= 15 is 0 Å². The van der Waals surface area contributed by atoms with Gasteiger partial charge >= 0.3 is 5.97 Å². The topological polar surface area (TPSA) is 50.8 Å². The molecular formula is C14H26N2O3. The molecule has 1 aliphatic carbocycles. The molecule has 1 N–H and O–H groups in total.